The lowest BCUT2D eigenvalue weighted by molar-refractivity contribution is -0.383. The molecule has 20 heavy (non-hydrogen) atoms. The Balaban J connectivity index is 2.01. The van der Waals surface area contributed by atoms with Crippen molar-refractivity contribution in [3.8, 4) is 0 Å². The number of hydrogen-bond donors (Lipinski definition) is 1. The van der Waals surface area contributed by atoms with E-state index in [1.165, 1.54) is 6.07 Å². The minimum absolute atomic E-state index is 0.0103. The molecular formula is C14H10ClN3O2. The smallest absolute Gasteiger partial charge is 0.297 e. The number of nitro groups is 1. The molecule has 0 bridgehead atoms. The third-order valence-electron chi connectivity index (χ3n) is 3.00. The Hall–Kier alpha value is -2.40. The number of para-hydroxylation sites is 1. The number of H-pyrrole nitrogens is 1. The van der Waals surface area contributed by atoms with Crippen molar-refractivity contribution in [2.24, 2.45) is 0 Å². The molecule has 0 aliphatic carbocycles. The van der Waals surface area contributed by atoms with Gasteiger partial charge in [0.05, 0.1) is 10.4 Å². The molecule has 0 radical (unpaired) electrons. The fourth-order valence-corrected chi connectivity index (χ4v) is 2.35. The third-order valence-corrected chi connectivity index (χ3v) is 3.23. The Morgan fingerprint density at radius 3 is 2.80 bits per heavy atom. The lowest BCUT2D eigenvalue weighted by Gasteiger charge is -1.98. The number of fused-ring (bicyclic) bond motifs is 1. The van der Waals surface area contributed by atoms with Gasteiger partial charge in [-0.3, -0.25) is 10.1 Å². The molecule has 0 spiro atoms. The number of hydrogen-bond acceptors (Lipinski definition) is 3. The molecule has 1 heterocycles. The summed E-state index contributed by atoms with van der Waals surface area (Å²) < 4.78 is 0. The summed E-state index contributed by atoms with van der Waals surface area (Å²) >= 11 is 5.94. The van der Waals surface area contributed by atoms with Gasteiger partial charge in [-0.2, -0.15) is 0 Å². The average molecular weight is 288 g/mol. The van der Waals surface area contributed by atoms with Gasteiger partial charge in [-0.25, -0.2) is 4.98 Å². The third kappa shape index (κ3) is 2.35. The number of imidazole rings is 1. The Bertz CT molecular complexity index is 798. The Labute approximate surface area is 119 Å². The first-order valence-corrected chi connectivity index (χ1v) is 6.38. The molecule has 0 saturated carbocycles. The number of nitrogens with one attached hydrogen (secondary N) is 1. The van der Waals surface area contributed by atoms with Crippen LogP contribution in [0.25, 0.3) is 11.0 Å². The van der Waals surface area contributed by atoms with Gasteiger partial charge in [-0.05, 0) is 23.8 Å². The second-order valence-electron chi connectivity index (χ2n) is 4.42. The summed E-state index contributed by atoms with van der Waals surface area (Å²) in [5.41, 5.74) is 2.06. The fraction of sp³-hybridized carbons (Fsp3) is 0.0714. The van der Waals surface area contributed by atoms with Crippen LogP contribution in [0.4, 0.5) is 5.69 Å². The van der Waals surface area contributed by atoms with Gasteiger partial charge in [-0.1, -0.05) is 29.8 Å². The number of non-ortho nitro benzene ring substituents is 1. The summed E-state index contributed by atoms with van der Waals surface area (Å²) in [6.07, 6.45) is 0.548. The molecule has 0 saturated heterocycles. The Kier molecular flexibility index (Phi) is 3.12. The SMILES string of the molecule is O=[N+]([O-])c1cccc2[nH]c(Cc3cccc(Cl)c3)nc12. The van der Waals surface area contributed by atoms with Crippen molar-refractivity contribution in [3.63, 3.8) is 0 Å². The minimum Gasteiger partial charge on any atom is -0.341 e. The maximum absolute atomic E-state index is 11.0. The number of aromatic amines is 1. The van der Waals surface area contributed by atoms with Gasteiger partial charge in [0.2, 0.25) is 0 Å². The van der Waals surface area contributed by atoms with E-state index in [1.54, 1.807) is 18.2 Å². The number of rotatable bonds is 3. The summed E-state index contributed by atoms with van der Waals surface area (Å²) in [6, 6.07) is 12.3. The monoisotopic (exact) mass is 287 g/mol. The normalized spacial score (nSPS) is 10.8. The van der Waals surface area contributed by atoms with Crippen molar-refractivity contribution in [1.82, 2.24) is 9.97 Å². The molecule has 100 valence electrons. The zero-order chi connectivity index (χ0) is 14.1. The molecule has 1 N–H and O–H groups in total. The van der Waals surface area contributed by atoms with Crippen LogP contribution >= 0.6 is 11.6 Å². The first-order chi connectivity index (χ1) is 9.63. The summed E-state index contributed by atoms with van der Waals surface area (Å²) in [7, 11) is 0. The van der Waals surface area contributed by atoms with Gasteiger partial charge in [0, 0.05) is 17.5 Å². The molecule has 5 nitrogen and oxygen atoms in total. The highest BCUT2D eigenvalue weighted by Crippen LogP contribution is 2.24. The quantitative estimate of drug-likeness (QED) is 0.589. The number of nitrogens with zero attached hydrogens (tertiary/aromatic N) is 2. The van der Waals surface area contributed by atoms with Gasteiger partial charge in [0.1, 0.15) is 5.82 Å². The molecule has 0 fully saturated rings. The number of aromatic nitrogens is 2. The van der Waals surface area contributed by atoms with Crippen LogP contribution in [0.1, 0.15) is 11.4 Å². The molecule has 6 heteroatoms. The van der Waals surface area contributed by atoms with Gasteiger partial charge < -0.3 is 4.98 Å². The molecule has 0 aliphatic heterocycles. The van der Waals surface area contributed by atoms with E-state index >= 15 is 0 Å². The van der Waals surface area contributed by atoms with E-state index in [1.807, 2.05) is 18.2 Å². The largest absolute Gasteiger partial charge is 0.341 e. The van der Waals surface area contributed by atoms with E-state index in [9.17, 15) is 10.1 Å². The van der Waals surface area contributed by atoms with Crippen molar-refractivity contribution in [2.45, 2.75) is 6.42 Å². The van der Waals surface area contributed by atoms with E-state index in [0.717, 1.165) is 5.56 Å². The molecule has 0 amide bonds. The zero-order valence-electron chi connectivity index (χ0n) is 10.3. The number of halogens is 1. The van der Waals surface area contributed by atoms with Crippen LogP contribution in [0, 0.1) is 10.1 Å². The predicted octanol–water partition coefficient (Wildman–Crippen LogP) is 3.72. The molecule has 1 aromatic heterocycles. The van der Waals surface area contributed by atoms with E-state index in [2.05, 4.69) is 9.97 Å². The van der Waals surface area contributed by atoms with Gasteiger partial charge in [-0.15, -0.1) is 0 Å². The van der Waals surface area contributed by atoms with Gasteiger partial charge in [0.15, 0.2) is 5.52 Å². The van der Waals surface area contributed by atoms with Gasteiger partial charge >= 0.3 is 0 Å². The highest BCUT2D eigenvalue weighted by Gasteiger charge is 2.15. The van der Waals surface area contributed by atoms with E-state index < -0.39 is 4.92 Å². The molecular weight excluding hydrogens is 278 g/mol. The molecule has 2 aromatic carbocycles. The van der Waals surface area contributed by atoms with Crippen LogP contribution in [0.2, 0.25) is 5.02 Å². The van der Waals surface area contributed by atoms with Crippen molar-refractivity contribution in [2.75, 3.05) is 0 Å². The first-order valence-electron chi connectivity index (χ1n) is 6.00. The van der Waals surface area contributed by atoms with Crippen LogP contribution < -0.4 is 0 Å². The number of nitro benzene ring substituents is 1. The van der Waals surface area contributed by atoms with Crippen LogP contribution in [-0.4, -0.2) is 14.9 Å². The first kappa shape index (κ1) is 12.6. The fourth-order valence-electron chi connectivity index (χ4n) is 2.14. The maximum atomic E-state index is 11.0. The lowest BCUT2D eigenvalue weighted by Crippen LogP contribution is -1.91. The van der Waals surface area contributed by atoms with E-state index in [-0.39, 0.29) is 5.69 Å². The zero-order valence-corrected chi connectivity index (χ0v) is 11.1. The highest BCUT2D eigenvalue weighted by molar-refractivity contribution is 6.30. The summed E-state index contributed by atoms with van der Waals surface area (Å²) in [5, 5.41) is 11.6. The molecule has 0 atom stereocenters. The molecule has 0 unspecified atom stereocenters. The topological polar surface area (TPSA) is 71.8 Å². The number of benzene rings is 2. The van der Waals surface area contributed by atoms with Crippen LogP contribution in [0.5, 0.6) is 0 Å². The summed E-state index contributed by atoms with van der Waals surface area (Å²) in [6.45, 7) is 0. The highest BCUT2D eigenvalue weighted by atomic mass is 35.5. The average Bonchev–Trinajstić information content (AvgIpc) is 2.80. The summed E-state index contributed by atoms with van der Waals surface area (Å²) in [4.78, 5) is 18.0. The maximum Gasteiger partial charge on any atom is 0.297 e. The van der Waals surface area contributed by atoms with E-state index in [4.69, 9.17) is 11.6 Å². The summed E-state index contributed by atoms with van der Waals surface area (Å²) in [5.74, 6) is 0.677. The molecule has 0 aliphatic rings. The van der Waals surface area contributed by atoms with Crippen molar-refractivity contribution >= 4 is 28.3 Å². The Morgan fingerprint density at radius 2 is 2.05 bits per heavy atom. The second-order valence-corrected chi connectivity index (χ2v) is 4.86. The van der Waals surface area contributed by atoms with Crippen LogP contribution in [0.3, 0.4) is 0 Å². The van der Waals surface area contributed by atoms with Crippen molar-refractivity contribution in [3.05, 3.63) is 69.0 Å². The molecule has 3 aromatic rings. The van der Waals surface area contributed by atoms with Crippen molar-refractivity contribution in [1.29, 1.82) is 0 Å². The van der Waals surface area contributed by atoms with Crippen molar-refractivity contribution < 1.29 is 4.92 Å². The van der Waals surface area contributed by atoms with Gasteiger partial charge in [0.25, 0.3) is 5.69 Å². The molecule has 3 rings (SSSR count). The Morgan fingerprint density at radius 1 is 1.25 bits per heavy atom. The standard InChI is InChI=1S/C14H10ClN3O2/c15-10-4-1-3-9(7-10)8-13-16-11-5-2-6-12(18(19)20)14(11)17-13/h1-7H,8H2,(H,16,17). The predicted molar refractivity (Wildman–Crippen MR) is 77.0 cm³/mol. The van der Waals surface area contributed by atoms with Crippen LogP contribution in [-0.2, 0) is 6.42 Å². The lowest BCUT2D eigenvalue weighted by atomic mass is 10.1. The minimum atomic E-state index is -0.424. The van der Waals surface area contributed by atoms with E-state index in [0.29, 0.717) is 28.3 Å². The second kappa shape index (κ2) is 4.94. The van der Waals surface area contributed by atoms with Crippen LogP contribution in [0.15, 0.2) is 42.5 Å².